The van der Waals surface area contributed by atoms with Crippen LogP contribution in [0.1, 0.15) is 18.3 Å². The van der Waals surface area contributed by atoms with E-state index in [0.29, 0.717) is 29.6 Å². The summed E-state index contributed by atoms with van der Waals surface area (Å²) in [6.45, 7) is 2.45. The van der Waals surface area contributed by atoms with Crippen molar-refractivity contribution in [3.05, 3.63) is 59.9 Å². The van der Waals surface area contributed by atoms with Crippen LogP contribution in [0.5, 0.6) is 11.5 Å². The maximum Gasteiger partial charge on any atom is 0.234 e. The van der Waals surface area contributed by atoms with Gasteiger partial charge in [-0.25, -0.2) is 0 Å². The van der Waals surface area contributed by atoms with Gasteiger partial charge in [0.15, 0.2) is 5.16 Å². The number of anilines is 1. The minimum atomic E-state index is -0.123. The molecule has 0 aliphatic heterocycles. The van der Waals surface area contributed by atoms with Crippen LogP contribution in [-0.4, -0.2) is 40.1 Å². The normalized spacial score (nSPS) is 10.6. The Bertz CT molecular complexity index is 957. The minimum Gasteiger partial charge on any atom is -0.497 e. The topological polar surface area (TPSA) is 78.3 Å². The van der Waals surface area contributed by atoms with E-state index in [-0.39, 0.29) is 11.7 Å². The lowest BCUT2D eigenvalue weighted by atomic mass is 10.1. The smallest absolute Gasteiger partial charge is 0.234 e. The second-order valence-electron chi connectivity index (χ2n) is 6.25. The van der Waals surface area contributed by atoms with Gasteiger partial charge in [-0.1, -0.05) is 36.0 Å². The molecule has 0 fully saturated rings. The van der Waals surface area contributed by atoms with Gasteiger partial charge in [0.05, 0.1) is 25.2 Å². The fraction of sp³-hybridized carbons (Fsp3) is 0.286. The number of hydrogen-bond donors (Lipinski definition) is 1. The standard InChI is InChI=1S/C21H24N4O3S/c1-4-28-18-8-6-5-7-17(18)22-20(26)14-29-21-24-23-19(25(21)2)13-15-9-11-16(27-3)12-10-15/h5-12H,4,13-14H2,1-3H3,(H,22,26). The average Bonchev–Trinajstić information content (AvgIpc) is 3.08. The second-order valence-corrected chi connectivity index (χ2v) is 7.19. The van der Waals surface area contributed by atoms with Crippen LogP contribution in [0.4, 0.5) is 5.69 Å². The van der Waals surface area contributed by atoms with E-state index in [1.165, 1.54) is 11.8 Å². The average molecular weight is 413 g/mol. The van der Waals surface area contributed by atoms with Crippen molar-refractivity contribution in [2.45, 2.75) is 18.5 Å². The van der Waals surface area contributed by atoms with Gasteiger partial charge in [-0.05, 0) is 36.8 Å². The lowest BCUT2D eigenvalue weighted by molar-refractivity contribution is -0.113. The number of hydrogen-bond acceptors (Lipinski definition) is 6. The minimum absolute atomic E-state index is 0.123. The summed E-state index contributed by atoms with van der Waals surface area (Å²) in [6, 6.07) is 15.2. The van der Waals surface area contributed by atoms with Crippen LogP contribution in [0.25, 0.3) is 0 Å². The number of carbonyl (C=O) groups excluding carboxylic acids is 1. The molecule has 0 aliphatic carbocycles. The Hall–Kier alpha value is -3.00. The summed E-state index contributed by atoms with van der Waals surface area (Å²) in [5.41, 5.74) is 1.78. The number of methoxy groups -OCH3 is 1. The van der Waals surface area contributed by atoms with E-state index < -0.39 is 0 Å². The molecule has 0 saturated heterocycles. The third-order valence-electron chi connectivity index (χ3n) is 4.24. The fourth-order valence-electron chi connectivity index (χ4n) is 2.72. The lowest BCUT2D eigenvalue weighted by Crippen LogP contribution is -2.15. The van der Waals surface area contributed by atoms with E-state index >= 15 is 0 Å². The molecule has 1 amide bonds. The molecule has 1 N–H and O–H groups in total. The molecule has 0 bridgehead atoms. The SMILES string of the molecule is CCOc1ccccc1NC(=O)CSc1nnc(Cc2ccc(OC)cc2)n1C. The molecular formula is C21H24N4O3S. The molecule has 0 unspecified atom stereocenters. The number of amides is 1. The molecule has 3 rings (SSSR count). The molecule has 7 nitrogen and oxygen atoms in total. The van der Waals surface area contributed by atoms with Crippen molar-refractivity contribution < 1.29 is 14.3 Å². The van der Waals surface area contributed by atoms with Gasteiger partial charge < -0.3 is 19.4 Å². The largest absolute Gasteiger partial charge is 0.497 e. The predicted octanol–water partition coefficient (Wildman–Crippen LogP) is 3.54. The molecule has 0 atom stereocenters. The zero-order valence-electron chi connectivity index (χ0n) is 16.7. The van der Waals surface area contributed by atoms with Crippen LogP contribution in [0.3, 0.4) is 0 Å². The van der Waals surface area contributed by atoms with Crippen LogP contribution < -0.4 is 14.8 Å². The molecule has 0 radical (unpaired) electrons. The Morgan fingerprint density at radius 3 is 2.62 bits per heavy atom. The molecular weight excluding hydrogens is 388 g/mol. The van der Waals surface area contributed by atoms with Gasteiger partial charge in [0.2, 0.25) is 5.91 Å². The number of nitrogens with zero attached hydrogens (tertiary/aromatic N) is 3. The van der Waals surface area contributed by atoms with Crippen LogP contribution in [0, 0.1) is 0 Å². The Kier molecular flexibility index (Phi) is 7.13. The maximum atomic E-state index is 12.4. The number of nitrogens with one attached hydrogen (secondary N) is 1. The molecule has 1 aromatic heterocycles. The van der Waals surface area contributed by atoms with Crippen molar-refractivity contribution in [2.24, 2.45) is 7.05 Å². The number of rotatable bonds is 9. The van der Waals surface area contributed by atoms with Crippen molar-refractivity contribution in [1.29, 1.82) is 0 Å². The van der Waals surface area contributed by atoms with Gasteiger partial charge in [-0.3, -0.25) is 4.79 Å². The van der Waals surface area contributed by atoms with E-state index in [1.807, 2.05) is 67.1 Å². The summed E-state index contributed by atoms with van der Waals surface area (Å²) in [5, 5.41) is 12.1. The van der Waals surface area contributed by atoms with Crippen LogP contribution in [0.15, 0.2) is 53.7 Å². The number of aromatic nitrogens is 3. The summed E-state index contributed by atoms with van der Waals surface area (Å²) in [6.07, 6.45) is 0.655. The summed E-state index contributed by atoms with van der Waals surface area (Å²) in [4.78, 5) is 12.4. The zero-order valence-corrected chi connectivity index (χ0v) is 17.5. The van der Waals surface area contributed by atoms with Gasteiger partial charge in [0, 0.05) is 13.5 Å². The maximum absolute atomic E-state index is 12.4. The van der Waals surface area contributed by atoms with Crippen molar-refractivity contribution in [2.75, 3.05) is 24.8 Å². The Labute approximate surface area is 174 Å². The van der Waals surface area contributed by atoms with E-state index in [4.69, 9.17) is 9.47 Å². The van der Waals surface area contributed by atoms with Crippen molar-refractivity contribution >= 4 is 23.4 Å². The zero-order chi connectivity index (χ0) is 20.6. The molecule has 3 aromatic rings. The number of ether oxygens (including phenoxy) is 2. The molecule has 1 heterocycles. The Morgan fingerprint density at radius 2 is 1.90 bits per heavy atom. The Morgan fingerprint density at radius 1 is 1.14 bits per heavy atom. The molecule has 29 heavy (non-hydrogen) atoms. The number of para-hydroxylation sites is 2. The van der Waals surface area contributed by atoms with Gasteiger partial charge in [-0.15, -0.1) is 10.2 Å². The first-order valence-corrected chi connectivity index (χ1v) is 10.2. The summed E-state index contributed by atoms with van der Waals surface area (Å²) < 4.78 is 12.6. The van der Waals surface area contributed by atoms with Crippen molar-refractivity contribution in [1.82, 2.24) is 14.8 Å². The first-order chi connectivity index (χ1) is 14.1. The van der Waals surface area contributed by atoms with E-state index in [2.05, 4.69) is 15.5 Å². The molecule has 0 saturated carbocycles. The molecule has 152 valence electrons. The summed E-state index contributed by atoms with van der Waals surface area (Å²) in [7, 11) is 3.55. The van der Waals surface area contributed by atoms with Gasteiger partial charge in [0.25, 0.3) is 0 Å². The molecule has 8 heteroatoms. The summed E-state index contributed by atoms with van der Waals surface area (Å²) in [5.74, 6) is 2.42. The monoisotopic (exact) mass is 412 g/mol. The van der Waals surface area contributed by atoms with Gasteiger partial charge in [0.1, 0.15) is 17.3 Å². The first kappa shape index (κ1) is 20.7. The molecule has 0 aliphatic rings. The fourth-order valence-corrected chi connectivity index (χ4v) is 3.45. The third-order valence-corrected chi connectivity index (χ3v) is 5.26. The predicted molar refractivity (Wildman–Crippen MR) is 114 cm³/mol. The highest BCUT2D eigenvalue weighted by Gasteiger charge is 2.13. The van der Waals surface area contributed by atoms with Crippen molar-refractivity contribution in [3.8, 4) is 11.5 Å². The highest BCUT2D eigenvalue weighted by molar-refractivity contribution is 7.99. The van der Waals surface area contributed by atoms with E-state index in [9.17, 15) is 4.79 Å². The van der Waals surface area contributed by atoms with Gasteiger partial charge >= 0.3 is 0 Å². The van der Waals surface area contributed by atoms with E-state index in [0.717, 1.165) is 17.1 Å². The third kappa shape index (κ3) is 5.51. The quantitative estimate of drug-likeness (QED) is 0.542. The van der Waals surface area contributed by atoms with Crippen molar-refractivity contribution in [3.63, 3.8) is 0 Å². The van der Waals surface area contributed by atoms with Crippen LogP contribution in [-0.2, 0) is 18.3 Å². The van der Waals surface area contributed by atoms with E-state index in [1.54, 1.807) is 7.11 Å². The number of carbonyl (C=O) groups is 1. The summed E-state index contributed by atoms with van der Waals surface area (Å²) >= 11 is 1.35. The number of thioether (sulfide) groups is 1. The van der Waals surface area contributed by atoms with Crippen LogP contribution in [0.2, 0.25) is 0 Å². The second kappa shape index (κ2) is 9.97. The Balaban J connectivity index is 1.58. The highest BCUT2D eigenvalue weighted by atomic mass is 32.2. The number of benzene rings is 2. The first-order valence-electron chi connectivity index (χ1n) is 9.26. The molecule has 2 aromatic carbocycles. The highest BCUT2D eigenvalue weighted by Crippen LogP contribution is 2.24. The van der Waals surface area contributed by atoms with Gasteiger partial charge in [-0.2, -0.15) is 0 Å². The van der Waals surface area contributed by atoms with Crippen LogP contribution >= 0.6 is 11.8 Å². The lowest BCUT2D eigenvalue weighted by Gasteiger charge is -2.11. The molecule has 0 spiro atoms.